The lowest BCUT2D eigenvalue weighted by Crippen LogP contribution is -2.09. The van der Waals surface area contributed by atoms with E-state index in [1.54, 1.807) is 6.20 Å². The van der Waals surface area contributed by atoms with Crippen molar-refractivity contribution < 1.29 is 9.53 Å². The minimum absolute atomic E-state index is 0.169. The van der Waals surface area contributed by atoms with E-state index in [0.717, 1.165) is 12.8 Å². The fraction of sp³-hybridized carbons (Fsp3) is 0.500. The van der Waals surface area contributed by atoms with E-state index < -0.39 is 5.97 Å². The molecule has 8 nitrogen and oxygen atoms in total. The van der Waals surface area contributed by atoms with Crippen LogP contribution in [0.25, 0.3) is 0 Å². The lowest BCUT2D eigenvalue weighted by atomic mass is 10.3. The molecule has 0 aliphatic heterocycles. The van der Waals surface area contributed by atoms with Gasteiger partial charge in [0.1, 0.15) is 5.03 Å². The topological polar surface area (TPSA) is 95.7 Å². The molecule has 2 aromatic heterocycles. The van der Waals surface area contributed by atoms with Crippen molar-refractivity contribution in [1.82, 2.24) is 30.2 Å². The van der Waals surface area contributed by atoms with Crippen molar-refractivity contribution in [1.29, 1.82) is 0 Å². The van der Waals surface area contributed by atoms with Crippen LogP contribution in [0.4, 0.5) is 0 Å². The Balaban J connectivity index is 1.81. The molecule has 0 amide bonds. The minimum Gasteiger partial charge on any atom is -0.464 e. The van der Waals surface area contributed by atoms with Crippen molar-refractivity contribution in [3.63, 3.8) is 0 Å². The summed E-state index contributed by atoms with van der Waals surface area (Å²) in [5, 5.41) is 13.1. The van der Waals surface area contributed by atoms with Gasteiger partial charge in [-0.05, 0) is 35.0 Å². The van der Waals surface area contributed by atoms with E-state index in [2.05, 4.69) is 30.2 Å². The number of esters is 1. The van der Waals surface area contributed by atoms with E-state index in [0.29, 0.717) is 16.2 Å². The molecule has 1 aliphatic carbocycles. The van der Waals surface area contributed by atoms with Gasteiger partial charge in [-0.2, -0.15) is 0 Å². The summed E-state index contributed by atoms with van der Waals surface area (Å²) in [7, 11) is 1.31. The van der Waals surface area contributed by atoms with Gasteiger partial charge in [0.25, 0.3) is 0 Å². The summed E-state index contributed by atoms with van der Waals surface area (Å²) in [4.78, 5) is 19.7. The standard InChI is InChI=1S/C12H14N6O2S/c1-20-11(19)9-6-13-7-10(14-9)21-12-15-16-17-18(12)8-4-2-3-5-8/h6-8H,2-5H2,1H3. The van der Waals surface area contributed by atoms with Crippen LogP contribution in [-0.2, 0) is 4.74 Å². The molecule has 1 fully saturated rings. The zero-order valence-corrected chi connectivity index (χ0v) is 12.3. The summed E-state index contributed by atoms with van der Waals surface area (Å²) in [6.07, 6.45) is 7.53. The maximum absolute atomic E-state index is 11.5. The van der Waals surface area contributed by atoms with Crippen molar-refractivity contribution in [2.45, 2.75) is 41.9 Å². The second-order valence-electron chi connectivity index (χ2n) is 4.68. The van der Waals surface area contributed by atoms with Gasteiger partial charge in [-0.15, -0.1) is 5.10 Å². The molecule has 21 heavy (non-hydrogen) atoms. The van der Waals surface area contributed by atoms with Gasteiger partial charge in [0.15, 0.2) is 5.69 Å². The lowest BCUT2D eigenvalue weighted by Gasteiger charge is -2.10. The first-order chi connectivity index (χ1) is 10.3. The number of methoxy groups -OCH3 is 1. The molecule has 0 aromatic carbocycles. The van der Waals surface area contributed by atoms with Crippen LogP contribution in [-0.4, -0.2) is 43.3 Å². The van der Waals surface area contributed by atoms with Gasteiger partial charge in [-0.3, -0.25) is 4.98 Å². The Morgan fingerprint density at radius 1 is 1.38 bits per heavy atom. The summed E-state index contributed by atoms with van der Waals surface area (Å²) in [6, 6.07) is 0.347. The molecule has 110 valence electrons. The number of hydrogen-bond acceptors (Lipinski definition) is 8. The Kier molecular flexibility index (Phi) is 4.09. The Bertz CT molecular complexity index is 640. The summed E-state index contributed by atoms with van der Waals surface area (Å²) in [6.45, 7) is 0. The quantitative estimate of drug-likeness (QED) is 0.784. The monoisotopic (exact) mass is 306 g/mol. The largest absolute Gasteiger partial charge is 0.464 e. The summed E-state index contributed by atoms with van der Waals surface area (Å²) >= 11 is 1.30. The molecule has 9 heteroatoms. The van der Waals surface area contributed by atoms with E-state index in [4.69, 9.17) is 0 Å². The number of tetrazole rings is 1. The van der Waals surface area contributed by atoms with Crippen LogP contribution in [0.2, 0.25) is 0 Å². The number of nitrogens with zero attached hydrogens (tertiary/aromatic N) is 6. The van der Waals surface area contributed by atoms with E-state index in [1.807, 2.05) is 4.68 Å². The highest BCUT2D eigenvalue weighted by molar-refractivity contribution is 7.99. The number of carbonyl (C=O) groups excluding carboxylic acids is 1. The number of carbonyl (C=O) groups is 1. The van der Waals surface area contributed by atoms with Crippen LogP contribution < -0.4 is 0 Å². The zero-order valence-electron chi connectivity index (χ0n) is 11.5. The van der Waals surface area contributed by atoms with E-state index in [1.165, 1.54) is 37.9 Å². The van der Waals surface area contributed by atoms with Crippen LogP contribution >= 0.6 is 11.8 Å². The van der Waals surface area contributed by atoms with Gasteiger partial charge >= 0.3 is 5.97 Å². The van der Waals surface area contributed by atoms with Gasteiger partial charge in [-0.25, -0.2) is 14.5 Å². The third kappa shape index (κ3) is 3.02. The second-order valence-corrected chi connectivity index (χ2v) is 5.67. The lowest BCUT2D eigenvalue weighted by molar-refractivity contribution is 0.0592. The van der Waals surface area contributed by atoms with Crippen LogP contribution in [0.15, 0.2) is 22.6 Å². The Morgan fingerprint density at radius 3 is 2.95 bits per heavy atom. The molecule has 3 rings (SSSR count). The number of rotatable bonds is 4. The average Bonchev–Trinajstić information content (AvgIpc) is 3.17. The summed E-state index contributed by atoms with van der Waals surface area (Å²) < 4.78 is 6.47. The molecule has 2 heterocycles. The van der Waals surface area contributed by atoms with Crippen molar-refractivity contribution in [2.24, 2.45) is 0 Å². The Morgan fingerprint density at radius 2 is 2.19 bits per heavy atom. The number of hydrogen-bond donors (Lipinski definition) is 0. The van der Waals surface area contributed by atoms with Gasteiger partial charge < -0.3 is 4.74 Å². The second kappa shape index (κ2) is 6.17. The molecule has 1 aliphatic rings. The van der Waals surface area contributed by atoms with Crippen LogP contribution in [0.1, 0.15) is 42.2 Å². The third-order valence-corrected chi connectivity index (χ3v) is 4.19. The maximum Gasteiger partial charge on any atom is 0.358 e. The maximum atomic E-state index is 11.5. The van der Waals surface area contributed by atoms with E-state index in [9.17, 15) is 4.79 Å². The highest BCUT2D eigenvalue weighted by Gasteiger charge is 2.22. The molecule has 0 atom stereocenters. The third-order valence-electron chi connectivity index (χ3n) is 3.34. The predicted octanol–water partition coefficient (Wildman–Crippen LogP) is 1.52. The fourth-order valence-corrected chi connectivity index (χ4v) is 3.13. The molecule has 0 saturated heterocycles. The SMILES string of the molecule is COC(=O)c1cncc(Sc2nnnn2C2CCCC2)n1. The smallest absolute Gasteiger partial charge is 0.358 e. The van der Waals surface area contributed by atoms with Gasteiger partial charge in [0.05, 0.1) is 25.5 Å². The molecule has 0 spiro atoms. The van der Waals surface area contributed by atoms with Crippen LogP contribution in [0, 0.1) is 0 Å². The van der Waals surface area contributed by atoms with Crippen molar-refractivity contribution in [3.05, 3.63) is 18.1 Å². The summed E-state index contributed by atoms with van der Waals surface area (Å²) in [5.41, 5.74) is 0.169. The first-order valence-corrected chi connectivity index (χ1v) is 7.45. The number of aromatic nitrogens is 6. The van der Waals surface area contributed by atoms with Crippen molar-refractivity contribution in [3.8, 4) is 0 Å². The molecule has 2 aromatic rings. The van der Waals surface area contributed by atoms with Gasteiger partial charge in [0, 0.05) is 0 Å². The molecule has 0 bridgehead atoms. The Hall–Kier alpha value is -2.03. The van der Waals surface area contributed by atoms with E-state index in [-0.39, 0.29) is 5.69 Å². The van der Waals surface area contributed by atoms with Crippen molar-refractivity contribution in [2.75, 3.05) is 7.11 Å². The number of ether oxygens (including phenoxy) is 1. The molecule has 0 radical (unpaired) electrons. The molecule has 0 unspecified atom stereocenters. The Labute approximate surface area is 125 Å². The summed E-state index contributed by atoms with van der Waals surface area (Å²) in [5.74, 6) is -0.514. The zero-order chi connectivity index (χ0) is 14.7. The molecular weight excluding hydrogens is 292 g/mol. The average molecular weight is 306 g/mol. The van der Waals surface area contributed by atoms with Gasteiger partial charge in [-0.1, -0.05) is 12.8 Å². The fourth-order valence-electron chi connectivity index (χ4n) is 2.32. The molecular formula is C12H14N6O2S. The molecule has 1 saturated carbocycles. The minimum atomic E-state index is -0.514. The highest BCUT2D eigenvalue weighted by Crippen LogP contribution is 2.33. The molecule has 0 N–H and O–H groups in total. The first kappa shape index (κ1) is 13.9. The predicted molar refractivity (Wildman–Crippen MR) is 72.8 cm³/mol. The first-order valence-electron chi connectivity index (χ1n) is 6.64. The van der Waals surface area contributed by atoms with Crippen molar-refractivity contribution >= 4 is 17.7 Å². The normalized spacial score (nSPS) is 15.3. The highest BCUT2D eigenvalue weighted by atomic mass is 32.2. The van der Waals surface area contributed by atoms with Gasteiger partial charge in [0.2, 0.25) is 5.16 Å². The van der Waals surface area contributed by atoms with Crippen LogP contribution in [0.3, 0.4) is 0 Å². The van der Waals surface area contributed by atoms with Crippen LogP contribution in [0.5, 0.6) is 0 Å². The van der Waals surface area contributed by atoms with E-state index >= 15 is 0 Å².